The Morgan fingerprint density at radius 2 is 1.23 bits per heavy atom. The van der Waals surface area contributed by atoms with Crippen molar-refractivity contribution in [2.45, 2.75) is 41.1 Å². The number of halogens is 10. The Morgan fingerprint density at radius 1 is 0.754 bits per heavy atom. The molecule has 0 bridgehead atoms. The summed E-state index contributed by atoms with van der Waals surface area (Å²) in [4.78, 5) is 30.6. The Labute approximate surface area is 390 Å². The van der Waals surface area contributed by atoms with Gasteiger partial charge in [0, 0.05) is 19.3 Å². The lowest BCUT2D eigenvalue weighted by molar-refractivity contribution is -0.142. The predicted octanol–water partition coefficient (Wildman–Crippen LogP) is 11.4. The van der Waals surface area contributed by atoms with Crippen molar-refractivity contribution in [3.8, 4) is 23.2 Å². The topological polar surface area (TPSA) is 191 Å². The van der Waals surface area contributed by atoms with E-state index in [1.807, 2.05) is 51.3 Å². The number of nitriles is 1. The van der Waals surface area contributed by atoms with Gasteiger partial charge in [-0.15, -0.1) is 0 Å². The van der Waals surface area contributed by atoms with Gasteiger partial charge >= 0.3 is 12.4 Å². The van der Waals surface area contributed by atoms with Gasteiger partial charge < -0.3 is 25.7 Å². The van der Waals surface area contributed by atoms with Crippen LogP contribution < -0.4 is 21.2 Å². The lowest BCUT2D eigenvalue weighted by Gasteiger charge is -2.10. The van der Waals surface area contributed by atoms with E-state index in [4.69, 9.17) is 15.1 Å². The molecule has 65 heavy (non-hydrogen) atoms. The summed E-state index contributed by atoms with van der Waals surface area (Å²) in [5.74, 6) is -3.38. The van der Waals surface area contributed by atoms with Crippen LogP contribution in [-0.2, 0) is 12.4 Å². The molecule has 7 rings (SSSR count). The van der Waals surface area contributed by atoms with Crippen LogP contribution in [0.1, 0.15) is 66.6 Å². The summed E-state index contributed by atoms with van der Waals surface area (Å²) in [6.07, 6.45) is -9.64. The van der Waals surface area contributed by atoms with Crippen molar-refractivity contribution >= 4 is 90.9 Å². The molecule has 0 aliphatic rings. The summed E-state index contributed by atoms with van der Waals surface area (Å²) < 4.78 is 116. The third-order valence-corrected chi connectivity index (χ3v) is 9.55. The molecule has 0 saturated carbocycles. The first-order chi connectivity index (χ1) is 29.6. The third kappa shape index (κ3) is 11.9. The van der Waals surface area contributed by atoms with Crippen LogP contribution >= 0.6 is 45.2 Å². The summed E-state index contributed by atoms with van der Waals surface area (Å²) in [7, 11) is 0. The van der Waals surface area contributed by atoms with Gasteiger partial charge in [0.15, 0.2) is 28.5 Å². The highest BCUT2D eigenvalue weighted by Crippen LogP contribution is 2.33. The van der Waals surface area contributed by atoms with Crippen LogP contribution in [0.15, 0.2) is 94.6 Å². The van der Waals surface area contributed by atoms with Gasteiger partial charge in [-0.2, -0.15) is 41.8 Å². The lowest BCUT2D eigenvalue weighted by Crippen LogP contribution is -2.17. The number of aromatic nitrogens is 5. The Morgan fingerprint density at radius 3 is 1.68 bits per heavy atom. The van der Waals surface area contributed by atoms with Gasteiger partial charge in [0.2, 0.25) is 0 Å². The number of nitrogens with zero attached hydrogens (tertiary/aromatic N) is 7. The maximum Gasteiger partial charge on any atom is 0.435 e. The van der Waals surface area contributed by atoms with E-state index >= 15 is 0 Å². The maximum atomic E-state index is 14.1. The minimum absolute atomic E-state index is 0. The van der Waals surface area contributed by atoms with Crippen LogP contribution in [0.5, 0.6) is 5.75 Å². The molecule has 2 amide bonds. The number of nitrogens with two attached hydrogens (primary N) is 1. The van der Waals surface area contributed by atoms with E-state index in [-0.39, 0.29) is 54.7 Å². The first-order valence-corrected chi connectivity index (χ1v) is 19.5. The molecule has 24 heteroatoms. The monoisotopic (exact) mass is 1130 g/mol. The smallest absolute Gasteiger partial charge is 0.380 e. The number of oxime groups is 1. The van der Waals surface area contributed by atoms with E-state index in [1.165, 1.54) is 60.7 Å². The zero-order valence-electron chi connectivity index (χ0n) is 31.7. The summed E-state index contributed by atoms with van der Waals surface area (Å²) >= 11 is 3.76. The zero-order valence-corrected chi connectivity index (χ0v) is 36.0. The second-order valence-corrected chi connectivity index (χ2v) is 15.5. The molecular formula is C41H32F8I2N10O4. The van der Waals surface area contributed by atoms with Crippen LogP contribution in [0.25, 0.3) is 22.3 Å². The summed E-state index contributed by atoms with van der Waals surface area (Å²) in [5.41, 5.74) is 2.66. The Bertz CT molecular complexity index is 2970. The number of carbonyl (C=O) groups is 2. The number of benzene rings is 4. The van der Waals surface area contributed by atoms with Gasteiger partial charge in [-0.05, 0) is 132 Å². The van der Waals surface area contributed by atoms with Crippen molar-refractivity contribution in [1.29, 1.82) is 5.26 Å². The summed E-state index contributed by atoms with van der Waals surface area (Å²) in [6, 6.07) is 19.0. The van der Waals surface area contributed by atoms with Crippen LogP contribution in [0.4, 0.5) is 52.3 Å². The number of nitrogen functional groups attached to an aromatic ring is 1. The third-order valence-electron chi connectivity index (χ3n) is 8.20. The molecule has 0 fully saturated rings. The summed E-state index contributed by atoms with van der Waals surface area (Å²) in [6.45, 7) is 3.34. The molecule has 14 nitrogen and oxygen atoms in total. The molecule has 340 valence electrons. The van der Waals surface area contributed by atoms with Gasteiger partial charge in [-0.3, -0.25) is 9.59 Å². The second kappa shape index (κ2) is 20.5. The van der Waals surface area contributed by atoms with Gasteiger partial charge in [0.05, 0.1) is 39.4 Å². The molecule has 0 aliphatic heterocycles. The number of fused-ring (bicyclic) bond motifs is 1. The van der Waals surface area contributed by atoms with Crippen molar-refractivity contribution in [3.05, 3.63) is 132 Å². The molecule has 7 aromatic rings. The molecule has 4 N–H and O–H groups in total. The number of hydrogen-bond donors (Lipinski definition) is 3. The van der Waals surface area contributed by atoms with Gasteiger partial charge in [-0.25, -0.2) is 18.1 Å². The number of nitrogens with one attached hydrogen (secondary N) is 2. The first kappa shape index (κ1) is 51.0. The van der Waals surface area contributed by atoms with E-state index in [0.29, 0.717) is 36.0 Å². The number of hydrogen-bond acceptors (Lipinski definition) is 10. The van der Waals surface area contributed by atoms with Crippen molar-refractivity contribution in [2.75, 3.05) is 16.4 Å². The molecule has 3 aromatic heterocycles. The van der Waals surface area contributed by atoms with Crippen LogP contribution in [0.3, 0.4) is 0 Å². The highest BCUT2D eigenvalue weighted by molar-refractivity contribution is 14.1. The molecule has 3 heterocycles. The van der Waals surface area contributed by atoms with Crippen molar-refractivity contribution in [2.24, 2.45) is 5.16 Å². The van der Waals surface area contributed by atoms with Crippen molar-refractivity contribution < 1.29 is 54.1 Å². The van der Waals surface area contributed by atoms with Gasteiger partial charge in [0.25, 0.3) is 11.8 Å². The molecular weight excluding hydrogens is 1100 g/mol. The fraction of sp³-hybridized carbons (Fsp3) is 0.146. The molecule has 0 saturated heterocycles. The quantitative estimate of drug-likeness (QED) is 0.0575. The number of anilines is 3. The fourth-order valence-corrected chi connectivity index (χ4v) is 6.25. The number of rotatable bonds is 8. The second-order valence-electron chi connectivity index (χ2n) is 13.0. The lowest BCUT2D eigenvalue weighted by atomic mass is 10.2. The van der Waals surface area contributed by atoms with Crippen LogP contribution in [0.2, 0.25) is 0 Å². The highest BCUT2D eigenvalue weighted by atomic mass is 127. The maximum absolute atomic E-state index is 14.1. The van der Waals surface area contributed by atoms with E-state index < -0.39 is 58.6 Å². The summed E-state index contributed by atoms with van der Waals surface area (Å²) in [5, 5.41) is 28.6. The molecule has 0 radical (unpaired) electrons. The predicted molar refractivity (Wildman–Crippen MR) is 241 cm³/mol. The fourth-order valence-electron chi connectivity index (χ4n) is 5.34. The van der Waals surface area contributed by atoms with Gasteiger partial charge in [-0.1, -0.05) is 25.2 Å². The first-order valence-electron chi connectivity index (χ1n) is 17.4. The van der Waals surface area contributed by atoms with E-state index in [9.17, 15) is 50.0 Å². The molecule has 0 atom stereocenters. The van der Waals surface area contributed by atoms with E-state index in [0.717, 1.165) is 15.4 Å². The SMILES string of the molecule is C.C.CC(C)=NOc1ccc(-n2nc(C(F)(F)F)cc2C(=O)Nc2ccc(I)cc2F)cc1C#N.Nc1noc2ccc(-n3nc(C(F)(F)F)cc3C(=O)Nc3ccc(I)cc3F)cc12. The standard InChI is InChI=1S/C21H14F4IN5O2.C18H10F4IN5O2.2CH4/c1-11(2)30-33-18-6-4-14(7-12(18)10-27)31-17(9-19(29-31)21(23,24)25)20(32)28-16-5-3-13(26)8-15(16)22;19-11-5-8(23)1-3-12(11)25-17(29)13-7-15(18(20,21)22)26-28(13)9-2-4-14-10(6-9)16(24)27-30-14;;/h3-9H,1-2H3,(H,28,32);1-7H,(H2,24,27)(H,25,29);2*1H4. The van der Waals surface area contributed by atoms with Crippen LogP contribution in [0, 0.1) is 30.1 Å². The Kier molecular flexibility index (Phi) is 16.1. The van der Waals surface area contributed by atoms with Crippen molar-refractivity contribution in [1.82, 2.24) is 24.7 Å². The number of carbonyl (C=O) groups excluding carboxylic acids is 2. The molecule has 4 aromatic carbocycles. The average Bonchev–Trinajstić information content (AvgIpc) is 3.97. The van der Waals surface area contributed by atoms with Gasteiger partial charge in [0.1, 0.15) is 29.1 Å². The largest absolute Gasteiger partial charge is 0.435 e. The zero-order chi connectivity index (χ0) is 46.0. The van der Waals surface area contributed by atoms with Crippen molar-refractivity contribution in [3.63, 3.8) is 0 Å². The van der Waals surface area contributed by atoms with Crippen LogP contribution in [-0.4, -0.2) is 42.2 Å². The van der Waals surface area contributed by atoms with E-state index in [2.05, 4.69) is 31.1 Å². The Hall–Kier alpha value is -6.63. The molecule has 0 aliphatic carbocycles. The number of alkyl halides is 6. The normalized spacial score (nSPS) is 11.0. The minimum atomic E-state index is -4.84. The number of amides is 2. The minimum Gasteiger partial charge on any atom is -0.380 e. The molecule has 0 spiro atoms. The average molecular weight is 1130 g/mol. The Balaban J connectivity index is 0.000000277. The highest BCUT2D eigenvalue weighted by Gasteiger charge is 2.37. The molecule has 0 unspecified atom stereocenters. The van der Waals surface area contributed by atoms with E-state index in [1.54, 1.807) is 19.9 Å².